The Morgan fingerprint density at radius 3 is 2.67 bits per heavy atom. The second kappa shape index (κ2) is 4.91. The number of fused-ring (bicyclic) bond motifs is 1. The lowest BCUT2D eigenvalue weighted by molar-refractivity contribution is -0.217. The van der Waals surface area contributed by atoms with E-state index in [0.717, 1.165) is 0 Å². The Kier molecular flexibility index (Phi) is 3.44. The predicted octanol–water partition coefficient (Wildman–Crippen LogP) is 3.31. The fraction of sp³-hybridized carbons (Fsp3) is 0.500. The zero-order valence-corrected chi connectivity index (χ0v) is 11.7. The van der Waals surface area contributed by atoms with Crippen molar-refractivity contribution >= 4 is 17.2 Å². The molecule has 0 aromatic heterocycles. The van der Waals surface area contributed by atoms with Gasteiger partial charge in [-0.05, 0) is 18.9 Å². The third kappa shape index (κ3) is 2.32. The van der Waals surface area contributed by atoms with Crippen LogP contribution in [0.25, 0.3) is 0 Å². The molecular weight excluding hydrogens is 306 g/mol. The second-order valence-corrected chi connectivity index (χ2v) is 5.91. The Labute approximate surface area is 124 Å². The molecule has 114 valence electrons. The topological polar surface area (TPSA) is 21.3 Å². The van der Waals surface area contributed by atoms with Gasteiger partial charge >= 0.3 is 6.18 Å². The van der Waals surface area contributed by atoms with Gasteiger partial charge in [0, 0.05) is 11.5 Å². The third-order valence-corrected chi connectivity index (χ3v) is 4.52. The maximum atomic E-state index is 14.1. The van der Waals surface area contributed by atoms with E-state index in [1.807, 2.05) is 0 Å². The van der Waals surface area contributed by atoms with Crippen LogP contribution in [-0.2, 0) is 10.3 Å². The van der Waals surface area contributed by atoms with Gasteiger partial charge in [0.05, 0.1) is 17.1 Å². The molecule has 3 atom stereocenters. The maximum Gasteiger partial charge on any atom is 0.414 e. The summed E-state index contributed by atoms with van der Waals surface area (Å²) in [6, 6.07) is 5.83. The van der Waals surface area contributed by atoms with E-state index in [0.29, 0.717) is 11.4 Å². The van der Waals surface area contributed by atoms with Gasteiger partial charge in [0.15, 0.2) is 6.10 Å². The van der Waals surface area contributed by atoms with Crippen molar-refractivity contribution in [3.63, 3.8) is 0 Å². The van der Waals surface area contributed by atoms with E-state index in [9.17, 15) is 17.6 Å². The Balaban J connectivity index is 2.08. The van der Waals surface area contributed by atoms with Crippen LogP contribution in [0.5, 0.6) is 0 Å². The number of alkyl halides is 3. The molecule has 0 bridgehead atoms. The predicted molar refractivity (Wildman–Crippen MR) is 72.3 cm³/mol. The summed E-state index contributed by atoms with van der Waals surface area (Å²) < 4.78 is 58.6. The minimum absolute atomic E-state index is 0.184. The molecule has 2 aliphatic rings. The van der Waals surface area contributed by atoms with E-state index in [4.69, 9.17) is 17.0 Å². The minimum atomic E-state index is -4.47. The first-order valence-electron chi connectivity index (χ1n) is 6.59. The molecule has 7 heteroatoms. The number of hydrogen-bond acceptors (Lipinski definition) is 2. The number of hydrogen-bond donors (Lipinski definition) is 1. The smallest absolute Gasteiger partial charge is 0.367 e. The quantitative estimate of drug-likeness (QED) is 0.634. The van der Waals surface area contributed by atoms with Gasteiger partial charge in [-0.2, -0.15) is 13.2 Å². The number of nitrogens with one attached hydrogen (secondary N) is 1. The summed E-state index contributed by atoms with van der Waals surface area (Å²) in [5.74, 6) is -1.44. The summed E-state index contributed by atoms with van der Waals surface area (Å²) in [6.45, 7) is -0.247. The van der Waals surface area contributed by atoms with Crippen molar-refractivity contribution in [3.05, 3.63) is 35.6 Å². The van der Waals surface area contributed by atoms with Crippen molar-refractivity contribution in [2.45, 2.75) is 30.7 Å². The van der Waals surface area contributed by atoms with E-state index >= 15 is 0 Å². The standard InChI is InChI=1S/C14H13F4NOS/c15-10-4-2-1-3-8(10)13-7-20-12(14(16,17)18)9(13)5-6-11(21)19-13/h1-4,9,12H,5-7H2,(H,19,21)/t9-,12?,13-/m1/s1. The lowest BCUT2D eigenvalue weighted by Crippen LogP contribution is -2.56. The van der Waals surface area contributed by atoms with Crippen molar-refractivity contribution in [2.75, 3.05) is 6.61 Å². The van der Waals surface area contributed by atoms with Crippen molar-refractivity contribution in [3.8, 4) is 0 Å². The molecule has 0 spiro atoms. The van der Waals surface area contributed by atoms with Crippen LogP contribution in [0.15, 0.2) is 24.3 Å². The van der Waals surface area contributed by atoms with Crippen molar-refractivity contribution < 1.29 is 22.3 Å². The molecule has 2 fully saturated rings. The Morgan fingerprint density at radius 1 is 1.29 bits per heavy atom. The monoisotopic (exact) mass is 319 g/mol. The number of thiocarbonyl (C=S) groups is 1. The van der Waals surface area contributed by atoms with Gasteiger partial charge in [0.1, 0.15) is 5.82 Å². The second-order valence-electron chi connectivity index (χ2n) is 5.42. The van der Waals surface area contributed by atoms with E-state index in [1.54, 1.807) is 6.07 Å². The van der Waals surface area contributed by atoms with E-state index in [-0.39, 0.29) is 18.6 Å². The van der Waals surface area contributed by atoms with E-state index in [1.165, 1.54) is 18.2 Å². The van der Waals surface area contributed by atoms with Gasteiger partial charge in [-0.1, -0.05) is 30.4 Å². The molecule has 1 aromatic carbocycles. The first-order chi connectivity index (χ1) is 9.84. The zero-order chi connectivity index (χ0) is 15.3. The molecule has 2 aliphatic heterocycles. The molecular formula is C14H13F4NOS. The molecule has 0 radical (unpaired) electrons. The third-order valence-electron chi connectivity index (χ3n) is 4.21. The molecule has 0 saturated carbocycles. The van der Waals surface area contributed by atoms with Gasteiger partial charge in [-0.25, -0.2) is 4.39 Å². The summed E-state index contributed by atoms with van der Waals surface area (Å²) in [4.78, 5) is 0.445. The molecule has 1 aromatic rings. The maximum absolute atomic E-state index is 14.1. The van der Waals surface area contributed by atoms with Crippen LogP contribution in [0.3, 0.4) is 0 Å². The summed E-state index contributed by atoms with van der Waals surface area (Å²) in [6.07, 6.45) is -5.79. The van der Waals surface area contributed by atoms with Crippen LogP contribution in [0.4, 0.5) is 17.6 Å². The van der Waals surface area contributed by atoms with E-state index in [2.05, 4.69) is 5.32 Å². The van der Waals surface area contributed by atoms with Gasteiger partial charge in [-0.3, -0.25) is 0 Å². The number of benzene rings is 1. The lowest BCUT2D eigenvalue weighted by Gasteiger charge is -2.41. The largest absolute Gasteiger partial charge is 0.414 e. The molecule has 1 unspecified atom stereocenters. The summed E-state index contributed by atoms with van der Waals surface area (Å²) in [7, 11) is 0. The highest BCUT2D eigenvalue weighted by molar-refractivity contribution is 7.80. The minimum Gasteiger partial charge on any atom is -0.367 e. The summed E-state index contributed by atoms with van der Waals surface area (Å²) in [5, 5.41) is 2.92. The van der Waals surface area contributed by atoms with Crippen molar-refractivity contribution in [1.29, 1.82) is 0 Å². The van der Waals surface area contributed by atoms with Gasteiger partial charge in [-0.15, -0.1) is 0 Å². The van der Waals surface area contributed by atoms with Crippen LogP contribution in [0, 0.1) is 11.7 Å². The van der Waals surface area contributed by atoms with Crippen LogP contribution in [0.2, 0.25) is 0 Å². The number of halogens is 4. The number of piperidine rings is 1. The van der Waals surface area contributed by atoms with Crippen LogP contribution < -0.4 is 5.32 Å². The average molecular weight is 319 g/mol. The molecule has 2 nitrogen and oxygen atoms in total. The Hall–Kier alpha value is -1.21. The van der Waals surface area contributed by atoms with Crippen molar-refractivity contribution in [2.24, 2.45) is 5.92 Å². The lowest BCUT2D eigenvalue weighted by atomic mass is 9.73. The highest BCUT2D eigenvalue weighted by atomic mass is 32.1. The summed E-state index contributed by atoms with van der Waals surface area (Å²) >= 11 is 5.11. The fourth-order valence-electron chi connectivity index (χ4n) is 3.32. The first kappa shape index (κ1) is 14.7. The molecule has 3 rings (SSSR count). The average Bonchev–Trinajstić information content (AvgIpc) is 2.78. The summed E-state index contributed by atoms with van der Waals surface area (Å²) in [5.41, 5.74) is -1.05. The van der Waals surface area contributed by atoms with E-state index < -0.39 is 29.6 Å². The van der Waals surface area contributed by atoms with Gasteiger partial charge < -0.3 is 10.1 Å². The van der Waals surface area contributed by atoms with Crippen LogP contribution in [-0.4, -0.2) is 23.9 Å². The molecule has 21 heavy (non-hydrogen) atoms. The number of ether oxygens (including phenoxy) is 1. The van der Waals surface area contributed by atoms with Crippen LogP contribution >= 0.6 is 12.2 Å². The van der Waals surface area contributed by atoms with Crippen molar-refractivity contribution in [1.82, 2.24) is 5.32 Å². The highest BCUT2D eigenvalue weighted by Crippen LogP contribution is 2.49. The number of rotatable bonds is 1. The fourth-order valence-corrected chi connectivity index (χ4v) is 3.62. The Bertz CT molecular complexity index is 576. The molecule has 2 saturated heterocycles. The highest BCUT2D eigenvalue weighted by Gasteiger charge is 2.61. The van der Waals surface area contributed by atoms with Crippen LogP contribution in [0.1, 0.15) is 18.4 Å². The molecule has 0 aliphatic carbocycles. The Morgan fingerprint density at radius 2 is 2.00 bits per heavy atom. The zero-order valence-electron chi connectivity index (χ0n) is 10.9. The molecule has 1 N–H and O–H groups in total. The van der Waals surface area contributed by atoms with Gasteiger partial charge in [0.2, 0.25) is 0 Å². The SMILES string of the molecule is Fc1ccccc1[C@]12COC(C(F)(F)F)[C@H]1CCC(=S)N2. The first-order valence-corrected chi connectivity index (χ1v) is 7.00. The normalized spacial score (nSPS) is 32.7. The molecule has 0 amide bonds. The molecule has 2 heterocycles. The van der Waals surface area contributed by atoms with Gasteiger partial charge in [0.25, 0.3) is 0 Å².